The van der Waals surface area contributed by atoms with Gasteiger partial charge in [0.25, 0.3) is 0 Å². The molecule has 0 saturated carbocycles. The highest BCUT2D eigenvalue weighted by molar-refractivity contribution is 5.85. The SMILES string of the molecule is C1CC2(CCN1)CC(N1CCC3(CCOC3)C1)CO2.Cl. The van der Waals surface area contributed by atoms with E-state index < -0.39 is 0 Å². The number of ether oxygens (including phenoxy) is 2. The number of halogens is 1. The molecular formula is C15H27ClN2O2. The third-order valence-corrected chi connectivity index (χ3v) is 5.87. The number of hydrogen-bond acceptors (Lipinski definition) is 4. The predicted octanol–water partition coefficient (Wildman–Crippen LogP) is 1.43. The second-order valence-electron chi connectivity index (χ2n) is 7.13. The minimum Gasteiger partial charge on any atom is -0.381 e. The van der Waals surface area contributed by atoms with Crippen molar-refractivity contribution in [3.8, 4) is 0 Å². The van der Waals surface area contributed by atoms with Gasteiger partial charge in [-0.2, -0.15) is 0 Å². The molecule has 1 N–H and O–H groups in total. The Morgan fingerprint density at radius 2 is 1.95 bits per heavy atom. The zero-order valence-corrected chi connectivity index (χ0v) is 13.1. The lowest BCUT2D eigenvalue weighted by molar-refractivity contribution is -0.0201. The van der Waals surface area contributed by atoms with Crippen LogP contribution in [0.25, 0.3) is 0 Å². The van der Waals surface area contributed by atoms with Crippen molar-refractivity contribution in [1.82, 2.24) is 10.2 Å². The second-order valence-corrected chi connectivity index (χ2v) is 7.13. The Hall–Kier alpha value is 0.130. The Bertz CT molecular complexity index is 341. The van der Waals surface area contributed by atoms with Gasteiger partial charge in [0, 0.05) is 24.6 Å². The highest BCUT2D eigenvalue weighted by Gasteiger charge is 2.48. The summed E-state index contributed by atoms with van der Waals surface area (Å²) in [7, 11) is 0. The first-order valence-corrected chi connectivity index (χ1v) is 7.96. The number of hydrogen-bond donors (Lipinski definition) is 1. The Labute approximate surface area is 128 Å². The van der Waals surface area contributed by atoms with Gasteiger partial charge in [-0.15, -0.1) is 12.4 Å². The lowest BCUT2D eigenvalue weighted by Crippen LogP contribution is -2.43. The Balaban J connectivity index is 0.00000121. The Morgan fingerprint density at radius 3 is 2.70 bits per heavy atom. The van der Waals surface area contributed by atoms with Gasteiger partial charge in [-0.3, -0.25) is 4.90 Å². The monoisotopic (exact) mass is 302 g/mol. The van der Waals surface area contributed by atoms with E-state index in [2.05, 4.69) is 10.2 Å². The highest BCUT2D eigenvalue weighted by atomic mass is 35.5. The molecule has 0 bridgehead atoms. The average Bonchev–Trinajstić information content (AvgIpc) is 3.14. The van der Waals surface area contributed by atoms with Crippen LogP contribution in [0, 0.1) is 5.41 Å². The lowest BCUT2D eigenvalue weighted by atomic mass is 9.86. The van der Waals surface area contributed by atoms with Crippen molar-refractivity contribution in [2.75, 3.05) is 46.0 Å². The van der Waals surface area contributed by atoms with Gasteiger partial charge in [-0.05, 0) is 51.7 Å². The van der Waals surface area contributed by atoms with Crippen molar-refractivity contribution in [2.24, 2.45) is 5.41 Å². The molecule has 4 nitrogen and oxygen atoms in total. The van der Waals surface area contributed by atoms with Gasteiger partial charge in [-0.1, -0.05) is 0 Å². The van der Waals surface area contributed by atoms with Crippen molar-refractivity contribution in [3.63, 3.8) is 0 Å². The average molecular weight is 303 g/mol. The van der Waals surface area contributed by atoms with E-state index in [1.54, 1.807) is 0 Å². The van der Waals surface area contributed by atoms with Gasteiger partial charge in [0.2, 0.25) is 0 Å². The van der Waals surface area contributed by atoms with Gasteiger partial charge >= 0.3 is 0 Å². The summed E-state index contributed by atoms with van der Waals surface area (Å²) >= 11 is 0. The Morgan fingerprint density at radius 1 is 1.10 bits per heavy atom. The van der Waals surface area contributed by atoms with Gasteiger partial charge in [0.1, 0.15) is 0 Å². The normalized spacial score (nSPS) is 40.5. The minimum atomic E-state index is 0. The molecule has 2 atom stereocenters. The van der Waals surface area contributed by atoms with E-state index in [9.17, 15) is 0 Å². The molecule has 0 amide bonds. The number of piperidine rings is 1. The van der Waals surface area contributed by atoms with E-state index in [1.807, 2.05) is 0 Å². The van der Waals surface area contributed by atoms with E-state index in [-0.39, 0.29) is 18.0 Å². The van der Waals surface area contributed by atoms with Gasteiger partial charge < -0.3 is 14.8 Å². The maximum absolute atomic E-state index is 6.24. The summed E-state index contributed by atoms with van der Waals surface area (Å²) in [6.45, 7) is 7.68. The summed E-state index contributed by atoms with van der Waals surface area (Å²) in [6.07, 6.45) is 6.26. The van der Waals surface area contributed by atoms with Crippen LogP contribution in [0.15, 0.2) is 0 Å². The second kappa shape index (κ2) is 5.73. The van der Waals surface area contributed by atoms with E-state index in [0.29, 0.717) is 11.5 Å². The molecule has 2 spiro atoms. The van der Waals surface area contributed by atoms with Crippen LogP contribution in [0.3, 0.4) is 0 Å². The topological polar surface area (TPSA) is 33.7 Å². The van der Waals surface area contributed by atoms with Crippen molar-refractivity contribution in [1.29, 1.82) is 0 Å². The molecule has 0 aliphatic carbocycles. The van der Waals surface area contributed by atoms with Crippen LogP contribution in [0.1, 0.15) is 32.1 Å². The summed E-state index contributed by atoms with van der Waals surface area (Å²) in [5, 5.41) is 3.45. The largest absolute Gasteiger partial charge is 0.381 e. The van der Waals surface area contributed by atoms with Crippen molar-refractivity contribution < 1.29 is 9.47 Å². The molecule has 4 heterocycles. The zero-order chi connectivity index (χ0) is 12.8. The third-order valence-electron chi connectivity index (χ3n) is 5.87. The maximum Gasteiger partial charge on any atom is 0.0723 e. The smallest absolute Gasteiger partial charge is 0.0723 e. The molecule has 4 aliphatic heterocycles. The molecule has 4 fully saturated rings. The molecule has 0 aromatic rings. The predicted molar refractivity (Wildman–Crippen MR) is 80.5 cm³/mol. The number of nitrogens with zero attached hydrogens (tertiary/aromatic N) is 1. The van der Waals surface area contributed by atoms with Crippen molar-refractivity contribution in [2.45, 2.75) is 43.7 Å². The molecule has 4 saturated heterocycles. The van der Waals surface area contributed by atoms with Crippen LogP contribution in [0.5, 0.6) is 0 Å². The molecule has 0 radical (unpaired) electrons. The highest BCUT2D eigenvalue weighted by Crippen LogP contribution is 2.42. The molecule has 0 aromatic carbocycles. The first kappa shape index (κ1) is 15.0. The molecular weight excluding hydrogens is 276 g/mol. The van der Waals surface area contributed by atoms with E-state index >= 15 is 0 Å². The molecule has 116 valence electrons. The molecule has 20 heavy (non-hydrogen) atoms. The minimum absolute atomic E-state index is 0. The molecule has 4 rings (SSSR count). The van der Waals surface area contributed by atoms with Crippen LogP contribution in [0.4, 0.5) is 0 Å². The maximum atomic E-state index is 6.24. The third kappa shape index (κ3) is 2.61. The fourth-order valence-electron chi connectivity index (χ4n) is 4.54. The van der Waals surface area contributed by atoms with Crippen LogP contribution >= 0.6 is 12.4 Å². The van der Waals surface area contributed by atoms with Crippen molar-refractivity contribution in [3.05, 3.63) is 0 Å². The Kier molecular flexibility index (Phi) is 4.31. The van der Waals surface area contributed by atoms with Crippen LogP contribution in [0.2, 0.25) is 0 Å². The van der Waals surface area contributed by atoms with Gasteiger partial charge in [0.15, 0.2) is 0 Å². The number of rotatable bonds is 1. The lowest BCUT2D eigenvalue weighted by Gasteiger charge is -2.33. The molecule has 0 aromatic heterocycles. The van der Waals surface area contributed by atoms with Crippen LogP contribution < -0.4 is 5.32 Å². The van der Waals surface area contributed by atoms with Crippen molar-refractivity contribution >= 4 is 12.4 Å². The van der Waals surface area contributed by atoms with Gasteiger partial charge in [-0.25, -0.2) is 0 Å². The molecule has 5 heteroatoms. The molecule has 4 aliphatic rings. The first-order valence-electron chi connectivity index (χ1n) is 7.96. The summed E-state index contributed by atoms with van der Waals surface area (Å²) in [5.41, 5.74) is 0.696. The molecule has 2 unspecified atom stereocenters. The summed E-state index contributed by atoms with van der Waals surface area (Å²) in [6, 6.07) is 0.665. The zero-order valence-electron chi connectivity index (χ0n) is 12.2. The summed E-state index contributed by atoms with van der Waals surface area (Å²) in [4.78, 5) is 2.70. The van der Waals surface area contributed by atoms with E-state index in [4.69, 9.17) is 9.47 Å². The summed E-state index contributed by atoms with van der Waals surface area (Å²) < 4.78 is 11.9. The standard InChI is InChI=1S/C15H26N2O2.ClH/c1-5-16-6-2-15(1)9-13(10-19-15)17-7-3-14(11-17)4-8-18-12-14;/h13,16H,1-12H2;1H. The summed E-state index contributed by atoms with van der Waals surface area (Å²) in [5.74, 6) is 0. The van der Waals surface area contributed by atoms with Crippen LogP contribution in [-0.2, 0) is 9.47 Å². The number of likely N-dealkylation sites (tertiary alicyclic amines) is 1. The number of nitrogens with one attached hydrogen (secondary N) is 1. The fraction of sp³-hybridized carbons (Fsp3) is 1.00. The van der Waals surface area contributed by atoms with E-state index in [1.165, 1.54) is 45.2 Å². The van der Waals surface area contributed by atoms with Crippen LogP contribution in [-0.4, -0.2) is 62.5 Å². The first-order chi connectivity index (χ1) is 9.29. The quantitative estimate of drug-likeness (QED) is 0.794. The fourth-order valence-corrected chi connectivity index (χ4v) is 4.54. The van der Waals surface area contributed by atoms with Gasteiger partial charge in [0.05, 0.1) is 18.8 Å². The van der Waals surface area contributed by atoms with E-state index in [0.717, 1.165) is 32.9 Å².